The average Bonchev–Trinajstić information content (AvgIpc) is 2.93. The zero-order valence-corrected chi connectivity index (χ0v) is 12.2. The van der Waals surface area contributed by atoms with Crippen molar-refractivity contribution in [2.75, 3.05) is 0 Å². The Morgan fingerprint density at radius 2 is 1.90 bits per heavy atom. The fourth-order valence-electron chi connectivity index (χ4n) is 1.59. The molecule has 0 spiro atoms. The third-order valence-corrected chi connectivity index (χ3v) is 3.40. The highest BCUT2D eigenvalue weighted by molar-refractivity contribution is 7.08. The molecule has 2 aromatic heterocycles. The van der Waals surface area contributed by atoms with E-state index >= 15 is 0 Å². The molecule has 2 rings (SSSR count). The third-order valence-electron chi connectivity index (χ3n) is 2.67. The molecule has 0 fully saturated rings. The lowest BCUT2D eigenvalue weighted by molar-refractivity contribution is -0.138. The Morgan fingerprint density at radius 1 is 1.29 bits per heavy atom. The number of alkyl halides is 3. The number of halogens is 3. The first-order valence-corrected chi connectivity index (χ1v) is 6.64. The zero-order valence-electron chi connectivity index (χ0n) is 11.4. The highest BCUT2D eigenvalue weighted by Crippen LogP contribution is 2.34. The van der Waals surface area contributed by atoms with Crippen LogP contribution in [0.5, 0.6) is 0 Å². The summed E-state index contributed by atoms with van der Waals surface area (Å²) in [5, 5.41) is 9.07. The maximum atomic E-state index is 12.8. The minimum atomic E-state index is -4.74. The molecule has 0 bridgehead atoms. The highest BCUT2D eigenvalue weighted by Gasteiger charge is 2.37. The Bertz CT molecular complexity index is 683. The van der Waals surface area contributed by atoms with Gasteiger partial charge in [0.05, 0.1) is 11.1 Å². The van der Waals surface area contributed by atoms with E-state index in [0.717, 1.165) is 28.5 Å². The van der Waals surface area contributed by atoms with E-state index < -0.39 is 23.3 Å². The molecular weight excluding hydrogens is 307 g/mol. The Morgan fingerprint density at radius 3 is 2.29 bits per heavy atom. The van der Waals surface area contributed by atoms with Crippen molar-refractivity contribution in [3.05, 3.63) is 29.3 Å². The fraction of sp³-hybridized carbons (Fsp3) is 0.417. The van der Waals surface area contributed by atoms with E-state index in [1.54, 1.807) is 0 Å². The molecule has 114 valence electrons. The number of aromatic nitrogens is 3. The average molecular weight is 319 g/mol. The molecule has 0 aliphatic rings. The maximum Gasteiger partial charge on any atom is 0.418 e. The van der Waals surface area contributed by atoms with Crippen LogP contribution in [0.2, 0.25) is 0 Å². The Kier molecular flexibility index (Phi) is 3.56. The van der Waals surface area contributed by atoms with Gasteiger partial charge in [-0.25, -0.2) is 9.78 Å². The number of carboxylic acid groups (broad SMARTS) is 1. The number of rotatable bonds is 2. The summed E-state index contributed by atoms with van der Waals surface area (Å²) in [4.78, 5) is 15.1. The van der Waals surface area contributed by atoms with Crippen molar-refractivity contribution >= 4 is 17.5 Å². The monoisotopic (exact) mass is 319 g/mol. The van der Waals surface area contributed by atoms with E-state index in [-0.39, 0.29) is 10.5 Å². The van der Waals surface area contributed by atoms with Crippen molar-refractivity contribution in [3.8, 4) is 5.13 Å². The van der Waals surface area contributed by atoms with Gasteiger partial charge >= 0.3 is 12.1 Å². The Hall–Kier alpha value is -1.90. The van der Waals surface area contributed by atoms with Crippen molar-refractivity contribution in [1.29, 1.82) is 0 Å². The van der Waals surface area contributed by atoms with Gasteiger partial charge in [-0.1, -0.05) is 20.8 Å². The molecule has 0 unspecified atom stereocenters. The summed E-state index contributed by atoms with van der Waals surface area (Å²) in [6.07, 6.45) is -3.12. The topological polar surface area (TPSA) is 68.0 Å². The quantitative estimate of drug-likeness (QED) is 0.922. The molecule has 0 atom stereocenters. The summed E-state index contributed by atoms with van der Waals surface area (Å²) in [7, 11) is 0. The molecule has 2 aromatic rings. The normalized spacial score (nSPS) is 12.7. The minimum absolute atomic E-state index is 0.193. The van der Waals surface area contributed by atoms with Gasteiger partial charge in [-0.15, -0.1) is 0 Å². The second kappa shape index (κ2) is 4.83. The molecular formula is C12H12F3N3O2S. The molecule has 21 heavy (non-hydrogen) atoms. The van der Waals surface area contributed by atoms with Gasteiger partial charge in [0.1, 0.15) is 5.82 Å². The van der Waals surface area contributed by atoms with E-state index in [9.17, 15) is 18.0 Å². The predicted molar refractivity (Wildman–Crippen MR) is 69.9 cm³/mol. The highest BCUT2D eigenvalue weighted by atomic mass is 32.1. The van der Waals surface area contributed by atoms with Gasteiger partial charge in [0.25, 0.3) is 0 Å². The summed E-state index contributed by atoms with van der Waals surface area (Å²) in [5.41, 5.74) is -2.36. The number of hydrogen-bond donors (Lipinski definition) is 1. The van der Waals surface area contributed by atoms with Crippen LogP contribution in [0.1, 0.15) is 42.5 Å². The third kappa shape index (κ3) is 3.07. The molecule has 1 N–H and O–H groups in total. The molecule has 0 aliphatic heterocycles. The first-order chi connectivity index (χ1) is 9.50. The van der Waals surface area contributed by atoms with E-state index in [1.807, 2.05) is 20.8 Å². The van der Waals surface area contributed by atoms with Crippen LogP contribution in [0.3, 0.4) is 0 Å². The van der Waals surface area contributed by atoms with E-state index in [4.69, 9.17) is 5.11 Å². The number of carboxylic acids is 1. The molecule has 2 heterocycles. The predicted octanol–water partition coefficient (Wildman–Crippen LogP) is 3.34. The summed E-state index contributed by atoms with van der Waals surface area (Å²) in [5.74, 6) is -1.15. The summed E-state index contributed by atoms with van der Waals surface area (Å²) in [6.45, 7) is 5.62. The SMILES string of the molecule is CC(C)(C)c1nsc(-n2cc(C(=O)O)c(C(F)(F)F)c2)n1. The number of aromatic carboxylic acids is 1. The molecule has 0 radical (unpaired) electrons. The molecule has 0 aliphatic carbocycles. The van der Waals surface area contributed by atoms with Crippen LogP contribution in [0, 0.1) is 0 Å². The van der Waals surface area contributed by atoms with Gasteiger partial charge < -0.3 is 5.11 Å². The van der Waals surface area contributed by atoms with E-state index in [1.165, 1.54) is 0 Å². The minimum Gasteiger partial charge on any atom is -0.478 e. The number of nitrogens with zero attached hydrogens (tertiary/aromatic N) is 3. The van der Waals surface area contributed by atoms with Crippen molar-refractivity contribution in [1.82, 2.24) is 13.9 Å². The van der Waals surface area contributed by atoms with Gasteiger partial charge in [0, 0.05) is 29.3 Å². The van der Waals surface area contributed by atoms with Crippen LogP contribution in [0.15, 0.2) is 12.4 Å². The molecule has 0 saturated heterocycles. The second-order valence-corrected chi connectivity index (χ2v) is 6.18. The molecule has 5 nitrogen and oxygen atoms in total. The maximum absolute atomic E-state index is 12.8. The fourth-order valence-corrected chi connectivity index (χ4v) is 2.40. The van der Waals surface area contributed by atoms with Crippen LogP contribution >= 0.6 is 11.5 Å². The first-order valence-electron chi connectivity index (χ1n) is 5.87. The van der Waals surface area contributed by atoms with Crippen LogP contribution in [0.4, 0.5) is 13.2 Å². The Labute approximate surface area is 122 Å². The van der Waals surface area contributed by atoms with Gasteiger partial charge in [-0.3, -0.25) is 4.57 Å². The van der Waals surface area contributed by atoms with Crippen molar-refractivity contribution < 1.29 is 23.1 Å². The Balaban J connectivity index is 2.51. The van der Waals surface area contributed by atoms with Crippen LogP contribution in [0.25, 0.3) is 5.13 Å². The summed E-state index contributed by atoms with van der Waals surface area (Å²) in [6, 6.07) is 0. The number of hydrogen-bond acceptors (Lipinski definition) is 4. The molecule has 0 saturated carbocycles. The lowest BCUT2D eigenvalue weighted by atomic mass is 9.96. The van der Waals surface area contributed by atoms with Crippen LogP contribution < -0.4 is 0 Å². The van der Waals surface area contributed by atoms with Gasteiger partial charge in [-0.2, -0.15) is 17.5 Å². The van der Waals surface area contributed by atoms with Crippen molar-refractivity contribution in [2.45, 2.75) is 32.4 Å². The van der Waals surface area contributed by atoms with Gasteiger partial charge in [-0.05, 0) is 0 Å². The van der Waals surface area contributed by atoms with Gasteiger partial charge in [0.15, 0.2) is 0 Å². The lowest BCUT2D eigenvalue weighted by Gasteiger charge is -2.12. The van der Waals surface area contributed by atoms with E-state index in [2.05, 4.69) is 9.36 Å². The zero-order chi connectivity index (χ0) is 16.0. The molecule has 9 heteroatoms. The van der Waals surface area contributed by atoms with Gasteiger partial charge in [0.2, 0.25) is 5.13 Å². The summed E-state index contributed by atoms with van der Waals surface area (Å²) >= 11 is 0.915. The molecule has 0 aromatic carbocycles. The van der Waals surface area contributed by atoms with Crippen molar-refractivity contribution in [3.63, 3.8) is 0 Å². The van der Waals surface area contributed by atoms with Crippen LogP contribution in [-0.2, 0) is 11.6 Å². The smallest absolute Gasteiger partial charge is 0.418 e. The first kappa shape index (κ1) is 15.5. The number of carbonyl (C=O) groups is 1. The molecule has 0 amide bonds. The lowest BCUT2D eigenvalue weighted by Crippen LogP contribution is -2.13. The summed E-state index contributed by atoms with van der Waals surface area (Å²) < 4.78 is 43.6. The van der Waals surface area contributed by atoms with E-state index in [0.29, 0.717) is 5.82 Å². The largest absolute Gasteiger partial charge is 0.478 e. The van der Waals surface area contributed by atoms with Crippen molar-refractivity contribution in [2.24, 2.45) is 0 Å². The second-order valence-electron chi connectivity index (χ2n) is 5.45. The van der Waals surface area contributed by atoms with Crippen LogP contribution in [-0.4, -0.2) is 25.0 Å². The standard InChI is InChI=1S/C12H12F3N3O2S/c1-11(2,3)9-16-10(21-17-9)18-4-6(8(19)20)7(5-18)12(13,14)15/h4-5H,1-3H3,(H,19,20).